The fourth-order valence-electron chi connectivity index (χ4n) is 1.51. The molecule has 9 nitrogen and oxygen atoms in total. The monoisotopic (exact) mass is 282 g/mol. The Bertz CT molecular complexity index is 450. The van der Waals surface area contributed by atoms with Crippen LogP contribution in [0.5, 0.6) is 0 Å². The summed E-state index contributed by atoms with van der Waals surface area (Å²) in [4.78, 5) is 27.8. The van der Waals surface area contributed by atoms with Crippen molar-refractivity contribution in [2.45, 2.75) is 13.8 Å². The third-order valence-electron chi connectivity index (χ3n) is 2.51. The van der Waals surface area contributed by atoms with E-state index in [1.54, 1.807) is 9.80 Å². The number of nitrogens with zero attached hydrogens (tertiary/aromatic N) is 5. The van der Waals surface area contributed by atoms with Crippen LogP contribution in [0.3, 0.4) is 0 Å². The summed E-state index contributed by atoms with van der Waals surface area (Å²) in [5.74, 6) is 6.41. The van der Waals surface area contributed by atoms with Crippen LogP contribution in [0.1, 0.15) is 13.8 Å². The lowest BCUT2D eigenvalue weighted by atomic mass is 10.4. The second kappa shape index (κ2) is 7.43. The smallest absolute Gasteiger partial charge is 0.243 e. The Balaban J connectivity index is 3.01. The van der Waals surface area contributed by atoms with Gasteiger partial charge in [0.2, 0.25) is 23.8 Å². The summed E-state index contributed by atoms with van der Waals surface area (Å²) in [5.41, 5.74) is 2.40. The number of carbonyl (C=O) groups is 1. The van der Waals surface area contributed by atoms with E-state index in [0.717, 1.165) is 0 Å². The van der Waals surface area contributed by atoms with Crippen molar-refractivity contribution in [3.63, 3.8) is 0 Å². The molecule has 0 aliphatic heterocycles. The molecule has 0 radical (unpaired) electrons. The zero-order chi connectivity index (χ0) is 15.1. The van der Waals surface area contributed by atoms with Gasteiger partial charge in [-0.1, -0.05) is 0 Å². The number of hydrogen-bond donors (Lipinski definition) is 3. The highest BCUT2D eigenvalue weighted by atomic mass is 16.2. The van der Waals surface area contributed by atoms with E-state index in [2.05, 4.69) is 25.7 Å². The number of anilines is 3. The molecule has 4 N–H and O–H groups in total. The molecule has 0 aliphatic rings. The molecule has 0 saturated heterocycles. The number of nitrogen functional groups attached to an aromatic ring is 1. The van der Waals surface area contributed by atoms with Gasteiger partial charge in [-0.2, -0.15) is 15.0 Å². The standard InChI is InChI=1S/C11H22N8O/c1-5-13-8(20)7-19(6-2)11-15-9(17-12)14-10(16-11)18(3)4/h5-7,12H2,1-4H3,(H,13,20)(H,14,15,16,17). The third-order valence-corrected chi connectivity index (χ3v) is 2.51. The van der Waals surface area contributed by atoms with Gasteiger partial charge in [-0.25, -0.2) is 5.84 Å². The van der Waals surface area contributed by atoms with Gasteiger partial charge in [0.25, 0.3) is 0 Å². The Hall–Kier alpha value is -2.16. The summed E-state index contributed by atoms with van der Waals surface area (Å²) in [7, 11) is 3.64. The first-order valence-electron chi connectivity index (χ1n) is 6.43. The number of amides is 1. The Morgan fingerprint density at radius 2 is 1.85 bits per heavy atom. The number of nitrogens with one attached hydrogen (secondary N) is 2. The average molecular weight is 282 g/mol. The fourth-order valence-corrected chi connectivity index (χ4v) is 1.51. The van der Waals surface area contributed by atoms with Crippen LogP contribution < -0.4 is 26.4 Å². The van der Waals surface area contributed by atoms with Gasteiger partial charge in [-0.05, 0) is 13.8 Å². The van der Waals surface area contributed by atoms with Crippen LogP contribution in [-0.4, -0.2) is 54.6 Å². The molecule has 0 aliphatic carbocycles. The number of aromatic nitrogens is 3. The lowest BCUT2D eigenvalue weighted by Crippen LogP contribution is -2.38. The van der Waals surface area contributed by atoms with Crippen LogP contribution >= 0.6 is 0 Å². The molecule has 0 saturated carbocycles. The summed E-state index contributed by atoms with van der Waals surface area (Å²) >= 11 is 0. The minimum absolute atomic E-state index is 0.0802. The Morgan fingerprint density at radius 1 is 1.20 bits per heavy atom. The van der Waals surface area contributed by atoms with Gasteiger partial charge in [0.15, 0.2) is 0 Å². The van der Waals surface area contributed by atoms with Gasteiger partial charge in [0.05, 0.1) is 6.54 Å². The van der Waals surface area contributed by atoms with Crippen LogP contribution in [0, 0.1) is 0 Å². The Labute approximate surface area is 118 Å². The van der Waals surface area contributed by atoms with Crippen LogP contribution in [-0.2, 0) is 4.79 Å². The van der Waals surface area contributed by atoms with E-state index in [0.29, 0.717) is 25.0 Å². The number of hydrazine groups is 1. The number of likely N-dealkylation sites (N-methyl/N-ethyl adjacent to an activating group) is 2. The molecule has 0 spiro atoms. The van der Waals surface area contributed by atoms with Gasteiger partial charge in [0.1, 0.15) is 0 Å². The van der Waals surface area contributed by atoms with Crippen LogP contribution in [0.15, 0.2) is 0 Å². The third kappa shape index (κ3) is 4.19. The van der Waals surface area contributed by atoms with Crippen LogP contribution in [0.2, 0.25) is 0 Å². The lowest BCUT2D eigenvalue weighted by molar-refractivity contribution is -0.119. The van der Waals surface area contributed by atoms with Crippen molar-refractivity contribution >= 4 is 23.8 Å². The maximum Gasteiger partial charge on any atom is 0.243 e. The normalized spacial score (nSPS) is 10.1. The molecule has 0 unspecified atom stereocenters. The molecule has 1 heterocycles. The Morgan fingerprint density at radius 3 is 2.35 bits per heavy atom. The average Bonchev–Trinajstić information content (AvgIpc) is 2.44. The maximum absolute atomic E-state index is 11.7. The topological polar surface area (TPSA) is 112 Å². The van der Waals surface area contributed by atoms with Crippen molar-refractivity contribution < 1.29 is 4.79 Å². The second-order valence-corrected chi connectivity index (χ2v) is 4.27. The van der Waals surface area contributed by atoms with Gasteiger partial charge < -0.3 is 15.1 Å². The van der Waals surface area contributed by atoms with Crippen molar-refractivity contribution in [1.29, 1.82) is 0 Å². The largest absolute Gasteiger partial charge is 0.355 e. The van der Waals surface area contributed by atoms with Crippen molar-refractivity contribution in [2.24, 2.45) is 5.84 Å². The molecule has 1 aromatic heterocycles. The van der Waals surface area contributed by atoms with Crippen LogP contribution in [0.4, 0.5) is 17.8 Å². The molecule has 0 bridgehead atoms. The summed E-state index contributed by atoms with van der Waals surface area (Å²) in [5, 5.41) is 2.74. The summed E-state index contributed by atoms with van der Waals surface area (Å²) in [6, 6.07) is 0. The predicted molar refractivity (Wildman–Crippen MR) is 78.5 cm³/mol. The summed E-state index contributed by atoms with van der Waals surface area (Å²) in [6.45, 7) is 5.17. The van der Waals surface area contributed by atoms with Crippen molar-refractivity contribution in [2.75, 3.05) is 49.0 Å². The SMILES string of the molecule is CCNC(=O)CN(CC)c1nc(NN)nc(N(C)C)n1. The van der Waals surface area contributed by atoms with Crippen molar-refractivity contribution in [1.82, 2.24) is 20.3 Å². The lowest BCUT2D eigenvalue weighted by Gasteiger charge is -2.21. The molecular formula is C11H22N8O. The van der Waals surface area contributed by atoms with Gasteiger partial charge in [-0.3, -0.25) is 10.2 Å². The second-order valence-electron chi connectivity index (χ2n) is 4.27. The number of hydrogen-bond acceptors (Lipinski definition) is 8. The first-order valence-corrected chi connectivity index (χ1v) is 6.43. The van der Waals surface area contributed by atoms with Crippen LogP contribution in [0.25, 0.3) is 0 Å². The van der Waals surface area contributed by atoms with Crippen molar-refractivity contribution in [3.05, 3.63) is 0 Å². The zero-order valence-electron chi connectivity index (χ0n) is 12.3. The minimum atomic E-state index is -0.0802. The highest BCUT2D eigenvalue weighted by molar-refractivity contribution is 5.80. The van der Waals surface area contributed by atoms with E-state index in [1.165, 1.54) is 0 Å². The minimum Gasteiger partial charge on any atom is -0.355 e. The molecule has 1 aromatic rings. The molecular weight excluding hydrogens is 260 g/mol. The van der Waals surface area contributed by atoms with E-state index >= 15 is 0 Å². The maximum atomic E-state index is 11.7. The highest BCUT2D eigenvalue weighted by Crippen LogP contribution is 2.14. The van der Waals surface area contributed by atoms with Gasteiger partial charge >= 0.3 is 0 Å². The number of nitrogens with two attached hydrogens (primary N) is 1. The van der Waals surface area contributed by atoms with E-state index in [4.69, 9.17) is 5.84 Å². The first-order chi connectivity index (χ1) is 9.51. The van der Waals surface area contributed by atoms with E-state index in [-0.39, 0.29) is 18.4 Å². The molecule has 0 fully saturated rings. The number of carbonyl (C=O) groups excluding carboxylic acids is 1. The molecule has 9 heteroatoms. The van der Waals surface area contributed by atoms with E-state index in [1.807, 2.05) is 27.9 Å². The Kier molecular flexibility index (Phi) is 5.91. The molecule has 0 atom stereocenters. The van der Waals surface area contributed by atoms with E-state index < -0.39 is 0 Å². The molecule has 112 valence electrons. The molecule has 1 amide bonds. The molecule has 0 aromatic carbocycles. The van der Waals surface area contributed by atoms with E-state index in [9.17, 15) is 4.79 Å². The summed E-state index contributed by atoms with van der Waals surface area (Å²) in [6.07, 6.45) is 0. The highest BCUT2D eigenvalue weighted by Gasteiger charge is 2.15. The van der Waals surface area contributed by atoms with Gasteiger partial charge in [0, 0.05) is 27.2 Å². The quantitative estimate of drug-likeness (QED) is 0.439. The number of rotatable bonds is 7. The predicted octanol–water partition coefficient (Wildman–Crippen LogP) is -0.814. The first kappa shape index (κ1) is 15.9. The fraction of sp³-hybridized carbons (Fsp3) is 0.636. The summed E-state index contributed by atoms with van der Waals surface area (Å²) < 4.78 is 0. The molecule has 20 heavy (non-hydrogen) atoms. The molecule has 1 rings (SSSR count). The zero-order valence-corrected chi connectivity index (χ0v) is 12.3. The van der Waals surface area contributed by atoms with Crippen molar-refractivity contribution in [3.8, 4) is 0 Å². The van der Waals surface area contributed by atoms with Gasteiger partial charge in [-0.15, -0.1) is 0 Å².